The molecule has 1 aliphatic heterocycles. The number of hydrogen-bond donors (Lipinski definition) is 0. The fourth-order valence-electron chi connectivity index (χ4n) is 3.23. The van der Waals surface area contributed by atoms with Crippen LogP contribution in [0.5, 0.6) is 17.2 Å². The summed E-state index contributed by atoms with van der Waals surface area (Å²) < 4.78 is 18.3. The lowest BCUT2D eigenvalue weighted by molar-refractivity contribution is -0.135. The summed E-state index contributed by atoms with van der Waals surface area (Å²) in [6.07, 6.45) is 0.0574. The lowest BCUT2D eigenvalue weighted by Crippen LogP contribution is -2.32. The number of pyridine rings is 1. The van der Waals surface area contributed by atoms with Gasteiger partial charge in [-0.25, -0.2) is 0 Å². The van der Waals surface area contributed by atoms with E-state index in [4.69, 9.17) is 14.2 Å². The van der Waals surface area contributed by atoms with E-state index in [-0.39, 0.29) is 17.9 Å². The van der Waals surface area contributed by atoms with Gasteiger partial charge >= 0.3 is 5.97 Å². The van der Waals surface area contributed by atoms with Gasteiger partial charge in [-0.05, 0) is 25.5 Å². The second-order valence-electron chi connectivity index (χ2n) is 6.78. The van der Waals surface area contributed by atoms with Gasteiger partial charge in [0.1, 0.15) is 12.4 Å². The quantitative estimate of drug-likeness (QED) is 0.598. The van der Waals surface area contributed by atoms with Gasteiger partial charge in [0.05, 0.1) is 19.1 Å². The van der Waals surface area contributed by atoms with Gasteiger partial charge in [-0.1, -0.05) is 18.7 Å². The maximum Gasteiger partial charge on any atom is 0.312 e. The van der Waals surface area contributed by atoms with E-state index in [1.165, 1.54) is 0 Å². The number of esters is 1. The van der Waals surface area contributed by atoms with Crippen molar-refractivity contribution in [2.24, 2.45) is 7.05 Å². The first kappa shape index (κ1) is 18.8. The topological polar surface area (TPSA) is 66.8 Å². The van der Waals surface area contributed by atoms with Crippen molar-refractivity contribution in [1.29, 1.82) is 0 Å². The van der Waals surface area contributed by atoms with Crippen LogP contribution in [0.4, 0.5) is 0 Å². The van der Waals surface area contributed by atoms with Gasteiger partial charge in [-0.2, -0.15) is 0 Å². The van der Waals surface area contributed by atoms with Crippen LogP contribution >= 0.6 is 0 Å². The van der Waals surface area contributed by atoms with E-state index < -0.39 is 5.92 Å². The Morgan fingerprint density at radius 1 is 1.37 bits per heavy atom. The van der Waals surface area contributed by atoms with Gasteiger partial charge in [-0.3, -0.25) is 9.59 Å². The number of rotatable bonds is 5. The Bertz CT molecular complexity index is 973. The van der Waals surface area contributed by atoms with E-state index >= 15 is 0 Å². The average Bonchev–Trinajstić information content (AvgIpc) is 2.63. The molecule has 0 aliphatic carbocycles. The molecule has 0 amide bonds. The van der Waals surface area contributed by atoms with Crippen molar-refractivity contribution >= 4 is 5.97 Å². The van der Waals surface area contributed by atoms with Crippen LogP contribution in [0.25, 0.3) is 0 Å². The van der Waals surface area contributed by atoms with Gasteiger partial charge in [0.15, 0.2) is 11.5 Å². The Kier molecular flexibility index (Phi) is 5.08. The number of aromatic nitrogens is 1. The zero-order chi connectivity index (χ0) is 19.7. The highest BCUT2D eigenvalue weighted by Gasteiger charge is 2.34. The van der Waals surface area contributed by atoms with Crippen LogP contribution in [0.15, 0.2) is 41.2 Å². The summed E-state index contributed by atoms with van der Waals surface area (Å²) in [6, 6.07) is 7.17. The number of methoxy groups -OCH3 is 1. The summed E-state index contributed by atoms with van der Waals surface area (Å²) in [4.78, 5) is 25.2. The van der Waals surface area contributed by atoms with Crippen LogP contribution in [0.3, 0.4) is 0 Å². The van der Waals surface area contributed by atoms with Gasteiger partial charge in [0.25, 0.3) is 5.56 Å². The van der Waals surface area contributed by atoms with Crippen molar-refractivity contribution in [3.8, 4) is 17.2 Å². The van der Waals surface area contributed by atoms with E-state index in [0.717, 1.165) is 16.8 Å². The van der Waals surface area contributed by atoms with Gasteiger partial charge < -0.3 is 18.8 Å². The van der Waals surface area contributed by atoms with Gasteiger partial charge in [0, 0.05) is 30.3 Å². The maximum absolute atomic E-state index is 12.9. The van der Waals surface area contributed by atoms with Crippen LogP contribution in [0.2, 0.25) is 0 Å². The fraction of sp³-hybridized carbons (Fsp3) is 0.333. The number of carbonyl (C=O) groups is 1. The van der Waals surface area contributed by atoms with Crippen LogP contribution in [0, 0.1) is 6.92 Å². The number of hydrogen-bond acceptors (Lipinski definition) is 5. The highest BCUT2D eigenvalue weighted by molar-refractivity contribution is 5.78. The Balaban J connectivity index is 2.21. The van der Waals surface area contributed by atoms with Gasteiger partial charge in [-0.15, -0.1) is 0 Å². The Morgan fingerprint density at radius 2 is 2.11 bits per heavy atom. The zero-order valence-corrected chi connectivity index (χ0v) is 16.0. The van der Waals surface area contributed by atoms with E-state index in [2.05, 4.69) is 6.58 Å². The van der Waals surface area contributed by atoms with E-state index in [1.807, 2.05) is 19.1 Å². The number of para-hydroxylation sites is 1. The molecule has 2 heterocycles. The van der Waals surface area contributed by atoms with Crippen LogP contribution in [0.1, 0.15) is 36.1 Å². The predicted octanol–water partition coefficient (Wildman–Crippen LogP) is 3.10. The van der Waals surface area contributed by atoms with Crippen LogP contribution in [-0.2, 0) is 11.8 Å². The molecule has 0 bridgehead atoms. The SMILES string of the molecule is C=C(C)COc1c(OC)cccc1[C@H]1CC(=O)Oc2cc(C)n(C)c(=O)c21. The normalized spacial score (nSPS) is 15.7. The molecule has 2 aromatic rings. The van der Waals surface area contributed by atoms with E-state index in [1.54, 1.807) is 37.8 Å². The van der Waals surface area contributed by atoms with Gasteiger partial charge in [0.2, 0.25) is 0 Å². The molecule has 142 valence electrons. The molecule has 0 spiro atoms. The standard InChI is InChI=1S/C21H23NO5/c1-12(2)11-26-20-14(7-6-8-16(20)25-5)15-10-18(23)27-17-9-13(3)22(4)21(24)19(15)17/h6-9,15H,1,10-11H2,2-5H3/t15-/m1/s1. The summed E-state index contributed by atoms with van der Waals surface area (Å²) in [5.74, 6) is 0.504. The lowest BCUT2D eigenvalue weighted by Gasteiger charge is -2.27. The minimum absolute atomic E-state index is 0.0574. The Labute approximate surface area is 158 Å². The first-order chi connectivity index (χ1) is 12.8. The van der Waals surface area contributed by atoms with Crippen molar-refractivity contribution in [2.75, 3.05) is 13.7 Å². The summed E-state index contributed by atoms with van der Waals surface area (Å²) in [5, 5.41) is 0. The molecule has 6 heteroatoms. The third-order valence-electron chi connectivity index (χ3n) is 4.68. The monoisotopic (exact) mass is 369 g/mol. The minimum atomic E-state index is -0.476. The Hall–Kier alpha value is -3.02. The third-order valence-corrected chi connectivity index (χ3v) is 4.68. The number of nitrogens with zero attached hydrogens (tertiary/aromatic N) is 1. The number of carbonyl (C=O) groups excluding carboxylic acids is 1. The predicted molar refractivity (Wildman–Crippen MR) is 102 cm³/mol. The van der Waals surface area contributed by atoms with Crippen molar-refractivity contribution in [3.63, 3.8) is 0 Å². The highest BCUT2D eigenvalue weighted by Crippen LogP contribution is 2.43. The molecular formula is C21H23NO5. The maximum atomic E-state index is 12.9. The third kappa shape index (κ3) is 3.47. The van der Waals surface area contributed by atoms with Crippen molar-refractivity contribution in [1.82, 2.24) is 4.57 Å². The molecule has 0 saturated carbocycles. The second-order valence-corrected chi connectivity index (χ2v) is 6.78. The minimum Gasteiger partial charge on any atom is -0.493 e. The fourth-order valence-corrected chi connectivity index (χ4v) is 3.23. The summed E-state index contributed by atoms with van der Waals surface area (Å²) in [7, 11) is 3.26. The molecule has 1 atom stereocenters. The summed E-state index contributed by atoms with van der Waals surface area (Å²) >= 11 is 0. The second kappa shape index (κ2) is 7.31. The molecule has 0 N–H and O–H groups in total. The van der Waals surface area contributed by atoms with Crippen LogP contribution < -0.4 is 19.8 Å². The average molecular weight is 369 g/mol. The largest absolute Gasteiger partial charge is 0.493 e. The van der Waals surface area contributed by atoms with E-state index in [0.29, 0.717) is 29.4 Å². The number of ether oxygens (including phenoxy) is 3. The number of aryl methyl sites for hydroxylation is 1. The highest BCUT2D eigenvalue weighted by atomic mass is 16.5. The molecule has 0 radical (unpaired) electrons. The molecule has 0 unspecified atom stereocenters. The molecule has 1 aliphatic rings. The number of fused-ring (bicyclic) bond motifs is 1. The van der Waals surface area contributed by atoms with Crippen molar-refractivity contribution in [3.05, 3.63) is 63.6 Å². The molecule has 3 rings (SSSR count). The molecular weight excluding hydrogens is 346 g/mol. The zero-order valence-electron chi connectivity index (χ0n) is 16.0. The van der Waals surface area contributed by atoms with Crippen molar-refractivity contribution < 1.29 is 19.0 Å². The lowest BCUT2D eigenvalue weighted by atomic mass is 9.86. The summed E-state index contributed by atoms with van der Waals surface area (Å²) in [5.41, 5.74) is 2.56. The molecule has 0 fully saturated rings. The molecule has 27 heavy (non-hydrogen) atoms. The molecule has 0 saturated heterocycles. The first-order valence-corrected chi connectivity index (χ1v) is 8.68. The van der Waals surface area contributed by atoms with Crippen LogP contribution in [-0.4, -0.2) is 24.3 Å². The molecule has 1 aromatic heterocycles. The molecule has 1 aromatic carbocycles. The summed E-state index contributed by atoms with van der Waals surface area (Å²) in [6.45, 7) is 7.83. The molecule has 6 nitrogen and oxygen atoms in total. The van der Waals surface area contributed by atoms with Crippen molar-refractivity contribution in [2.45, 2.75) is 26.2 Å². The smallest absolute Gasteiger partial charge is 0.312 e. The number of benzene rings is 1. The van der Waals surface area contributed by atoms with E-state index in [9.17, 15) is 9.59 Å². The Morgan fingerprint density at radius 3 is 2.78 bits per heavy atom. The first-order valence-electron chi connectivity index (χ1n) is 8.68.